The normalized spacial score (nSPS) is 13.1. The largest absolute Gasteiger partial charge is 0.454 e. The summed E-state index contributed by atoms with van der Waals surface area (Å²) in [5, 5.41) is 0.534. The van der Waals surface area contributed by atoms with Crippen molar-refractivity contribution in [1.82, 2.24) is 14.5 Å². The van der Waals surface area contributed by atoms with Gasteiger partial charge in [0.2, 0.25) is 6.79 Å². The minimum atomic E-state index is -0.426. The number of rotatable bonds is 8. The maximum absolute atomic E-state index is 14.0. The number of fused-ring (bicyclic) bond motifs is 2. The molecule has 37 heavy (non-hydrogen) atoms. The summed E-state index contributed by atoms with van der Waals surface area (Å²) in [6.07, 6.45) is 2.33. The van der Waals surface area contributed by atoms with Crippen LogP contribution in [0.5, 0.6) is 11.5 Å². The standard InChI is InChI=1S/C29H28BrN3O4/c1-3-5-16-32(28(34)19-10-15-25-26(17-19)37-18-36-25)24(4-2)27-31-23-9-7-6-8-22(23)29(35)33(27)21-13-11-20(30)12-14-21/h6-15,17,24H,3-5,16,18H2,1-2H3. The van der Waals surface area contributed by atoms with Crippen LogP contribution in [0.2, 0.25) is 0 Å². The second-order valence-electron chi connectivity index (χ2n) is 8.95. The molecule has 0 saturated carbocycles. The topological polar surface area (TPSA) is 73.7 Å². The van der Waals surface area contributed by atoms with E-state index in [4.69, 9.17) is 14.5 Å². The van der Waals surface area contributed by atoms with Gasteiger partial charge in [-0.1, -0.05) is 48.3 Å². The second kappa shape index (κ2) is 10.8. The molecule has 3 aromatic carbocycles. The zero-order valence-corrected chi connectivity index (χ0v) is 22.4. The highest BCUT2D eigenvalue weighted by molar-refractivity contribution is 9.10. The van der Waals surface area contributed by atoms with Gasteiger partial charge in [0.05, 0.1) is 22.6 Å². The van der Waals surface area contributed by atoms with E-state index in [2.05, 4.69) is 22.9 Å². The van der Waals surface area contributed by atoms with Crippen LogP contribution < -0.4 is 15.0 Å². The van der Waals surface area contributed by atoms with Crippen LogP contribution in [0.3, 0.4) is 0 Å². The molecule has 0 radical (unpaired) electrons. The van der Waals surface area contributed by atoms with Gasteiger partial charge in [-0.3, -0.25) is 14.2 Å². The molecular weight excluding hydrogens is 534 g/mol. The van der Waals surface area contributed by atoms with E-state index in [1.165, 1.54) is 0 Å². The second-order valence-corrected chi connectivity index (χ2v) is 9.86. The SMILES string of the molecule is CCCCN(C(=O)c1ccc2c(c1)OCO2)C(CC)c1nc2ccccc2c(=O)n1-c1ccc(Br)cc1. The summed E-state index contributed by atoms with van der Waals surface area (Å²) in [6, 6.07) is 19.7. The molecule has 8 heteroatoms. The van der Waals surface area contributed by atoms with Gasteiger partial charge >= 0.3 is 0 Å². The highest BCUT2D eigenvalue weighted by Crippen LogP contribution is 2.34. The summed E-state index contributed by atoms with van der Waals surface area (Å²) < 4.78 is 13.5. The third kappa shape index (κ3) is 4.85. The number of amides is 1. The zero-order valence-electron chi connectivity index (χ0n) is 20.8. The molecule has 0 saturated heterocycles. The van der Waals surface area contributed by atoms with Gasteiger partial charge in [-0.25, -0.2) is 4.98 Å². The molecule has 0 aliphatic carbocycles. The van der Waals surface area contributed by atoms with E-state index in [0.717, 1.165) is 17.3 Å². The van der Waals surface area contributed by atoms with E-state index in [1.807, 2.05) is 54.3 Å². The highest BCUT2D eigenvalue weighted by Gasteiger charge is 2.30. The summed E-state index contributed by atoms with van der Waals surface area (Å²) in [4.78, 5) is 34.6. The molecule has 1 unspecified atom stereocenters. The van der Waals surface area contributed by atoms with Crippen molar-refractivity contribution in [2.24, 2.45) is 0 Å². The van der Waals surface area contributed by atoms with Crippen LogP contribution in [0.1, 0.15) is 55.3 Å². The number of carbonyl (C=O) groups excluding carboxylic acids is 1. The highest BCUT2D eigenvalue weighted by atomic mass is 79.9. The number of ether oxygens (including phenoxy) is 2. The van der Waals surface area contributed by atoms with E-state index in [0.29, 0.717) is 52.4 Å². The van der Waals surface area contributed by atoms with Crippen LogP contribution in [0.25, 0.3) is 16.6 Å². The first-order chi connectivity index (χ1) is 18.0. The molecule has 1 aliphatic heterocycles. The molecule has 7 nitrogen and oxygen atoms in total. The van der Waals surface area contributed by atoms with Crippen molar-refractivity contribution in [2.75, 3.05) is 13.3 Å². The van der Waals surface area contributed by atoms with Crippen molar-refractivity contribution in [2.45, 2.75) is 39.2 Å². The molecule has 2 heterocycles. The Hall–Kier alpha value is -3.65. The lowest BCUT2D eigenvalue weighted by molar-refractivity contribution is 0.0655. The van der Waals surface area contributed by atoms with E-state index in [-0.39, 0.29) is 18.3 Å². The van der Waals surface area contributed by atoms with Crippen LogP contribution in [0.4, 0.5) is 0 Å². The predicted octanol–water partition coefficient (Wildman–Crippen LogP) is 6.27. The number of benzene rings is 3. The fraction of sp³-hybridized carbons (Fsp3) is 0.276. The number of aromatic nitrogens is 2. The lowest BCUT2D eigenvalue weighted by Crippen LogP contribution is -2.39. The van der Waals surface area contributed by atoms with Crippen molar-refractivity contribution >= 4 is 32.7 Å². The Bertz CT molecular complexity index is 1500. The average molecular weight is 562 g/mol. The van der Waals surface area contributed by atoms with Crippen molar-refractivity contribution in [3.05, 3.63) is 92.9 Å². The van der Waals surface area contributed by atoms with Crippen LogP contribution in [0, 0.1) is 0 Å². The van der Waals surface area contributed by atoms with E-state index >= 15 is 0 Å². The maximum Gasteiger partial charge on any atom is 0.266 e. The molecule has 190 valence electrons. The molecule has 5 rings (SSSR count). The van der Waals surface area contributed by atoms with E-state index in [9.17, 15) is 9.59 Å². The van der Waals surface area contributed by atoms with Crippen LogP contribution in [-0.4, -0.2) is 33.7 Å². The fourth-order valence-electron chi connectivity index (χ4n) is 4.68. The van der Waals surface area contributed by atoms with E-state index in [1.54, 1.807) is 28.8 Å². The monoisotopic (exact) mass is 561 g/mol. The number of hydrogen-bond donors (Lipinski definition) is 0. The summed E-state index contributed by atoms with van der Waals surface area (Å²) >= 11 is 3.48. The first-order valence-electron chi connectivity index (χ1n) is 12.5. The minimum Gasteiger partial charge on any atom is -0.454 e. The number of halogens is 1. The predicted molar refractivity (Wildman–Crippen MR) is 147 cm³/mol. The van der Waals surface area contributed by atoms with Gasteiger partial charge in [0.25, 0.3) is 11.5 Å². The number of unbranched alkanes of at least 4 members (excludes halogenated alkanes) is 1. The Labute approximate surface area is 223 Å². The Morgan fingerprint density at radius 3 is 2.57 bits per heavy atom. The van der Waals surface area contributed by atoms with Gasteiger partial charge in [0.15, 0.2) is 11.5 Å². The maximum atomic E-state index is 14.0. The Morgan fingerprint density at radius 2 is 1.81 bits per heavy atom. The number of hydrogen-bond acceptors (Lipinski definition) is 5. The Kier molecular flexibility index (Phi) is 7.28. The summed E-state index contributed by atoms with van der Waals surface area (Å²) in [6.45, 7) is 4.79. The molecule has 0 spiro atoms. The van der Waals surface area contributed by atoms with Crippen molar-refractivity contribution in [1.29, 1.82) is 0 Å². The third-order valence-electron chi connectivity index (χ3n) is 6.58. The van der Waals surface area contributed by atoms with Gasteiger partial charge < -0.3 is 14.4 Å². The molecule has 0 bridgehead atoms. The first kappa shape index (κ1) is 25.0. The third-order valence-corrected chi connectivity index (χ3v) is 7.11. The lowest BCUT2D eigenvalue weighted by Gasteiger charge is -2.32. The van der Waals surface area contributed by atoms with Crippen molar-refractivity contribution in [3.63, 3.8) is 0 Å². The molecule has 1 atom stereocenters. The summed E-state index contributed by atoms with van der Waals surface area (Å²) in [7, 11) is 0. The zero-order chi connectivity index (χ0) is 25.9. The Balaban J connectivity index is 1.67. The summed E-state index contributed by atoms with van der Waals surface area (Å²) in [5.41, 5.74) is 1.66. The minimum absolute atomic E-state index is 0.136. The van der Waals surface area contributed by atoms with Crippen LogP contribution in [-0.2, 0) is 0 Å². The summed E-state index contributed by atoms with van der Waals surface area (Å²) in [5.74, 6) is 1.59. The number of para-hydroxylation sites is 1. The molecule has 1 aromatic heterocycles. The molecule has 1 amide bonds. The molecule has 1 aliphatic rings. The number of nitrogens with zero attached hydrogens (tertiary/aromatic N) is 3. The molecule has 0 N–H and O–H groups in total. The molecule has 4 aromatic rings. The fourth-order valence-corrected chi connectivity index (χ4v) is 4.94. The van der Waals surface area contributed by atoms with Crippen LogP contribution in [0.15, 0.2) is 76.0 Å². The van der Waals surface area contributed by atoms with E-state index < -0.39 is 6.04 Å². The van der Waals surface area contributed by atoms with Gasteiger partial charge in [-0.15, -0.1) is 0 Å². The lowest BCUT2D eigenvalue weighted by atomic mass is 10.1. The van der Waals surface area contributed by atoms with Crippen LogP contribution >= 0.6 is 15.9 Å². The van der Waals surface area contributed by atoms with Crippen molar-refractivity contribution in [3.8, 4) is 17.2 Å². The number of carbonyl (C=O) groups is 1. The molecule has 0 fully saturated rings. The first-order valence-corrected chi connectivity index (χ1v) is 13.3. The van der Waals surface area contributed by atoms with Crippen molar-refractivity contribution < 1.29 is 14.3 Å². The van der Waals surface area contributed by atoms with Gasteiger partial charge in [0.1, 0.15) is 5.82 Å². The van der Waals surface area contributed by atoms with Gasteiger partial charge in [-0.2, -0.15) is 0 Å². The van der Waals surface area contributed by atoms with Gasteiger partial charge in [0, 0.05) is 16.6 Å². The quantitative estimate of drug-likeness (QED) is 0.253. The van der Waals surface area contributed by atoms with Gasteiger partial charge in [-0.05, 0) is 67.4 Å². The Morgan fingerprint density at radius 1 is 1.05 bits per heavy atom. The molecular formula is C29H28BrN3O4. The smallest absolute Gasteiger partial charge is 0.266 e. The average Bonchev–Trinajstić information content (AvgIpc) is 3.39.